The summed E-state index contributed by atoms with van der Waals surface area (Å²) in [6.07, 6.45) is 0. The van der Waals surface area contributed by atoms with Gasteiger partial charge in [-0.05, 0) is 19.3 Å². The van der Waals surface area contributed by atoms with Crippen molar-refractivity contribution >= 4 is 5.91 Å². The van der Waals surface area contributed by atoms with Crippen molar-refractivity contribution in [1.82, 2.24) is 5.32 Å². The molecule has 0 rings (SSSR count). The zero-order chi connectivity index (χ0) is 11.6. The molecule has 0 saturated carbocycles. The highest BCUT2D eigenvalue weighted by Crippen LogP contribution is 2.25. The topological polar surface area (TPSA) is 55.1 Å². The fraction of sp³-hybridized carbons (Fsp3) is 0.909. The predicted octanol–water partition coefficient (Wildman–Crippen LogP) is 1.52. The molecule has 1 unspecified atom stereocenters. The third kappa shape index (κ3) is 4.09. The van der Waals surface area contributed by atoms with Crippen molar-refractivity contribution in [2.24, 2.45) is 17.1 Å². The summed E-state index contributed by atoms with van der Waals surface area (Å²) in [5.74, 6) is 0.0706. The minimum Gasteiger partial charge on any atom is -0.350 e. The van der Waals surface area contributed by atoms with Crippen LogP contribution in [0.4, 0.5) is 0 Å². The predicted molar refractivity (Wildman–Crippen MR) is 59.9 cm³/mol. The lowest BCUT2D eigenvalue weighted by atomic mass is 9.81. The summed E-state index contributed by atoms with van der Waals surface area (Å²) in [5, 5.41) is 2.95. The minimum atomic E-state index is -0.309. The molecule has 0 aliphatic heterocycles. The third-order valence-corrected chi connectivity index (χ3v) is 2.66. The second-order valence-corrected chi connectivity index (χ2v) is 5.66. The lowest BCUT2D eigenvalue weighted by molar-refractivity contribution is -0.129. The van der Waals surface area contributed by atoms with E-state index in [2.05, 4.69) is 26.1 Å². The molecule has 3 heteroatoms. The SMILES string of the molecule is CC(C(=O)NC(C)(C)CN)C(C)(C)C. The lowest BCUT2D eigenvalue weighted by Crippen LogP contribution is -2.52. The Labute approximate surface area is 87.4 Å². The van der Waals surface area contributed by atoms with Crippen molar-refractivity contribution < 1.29 is 4.79 Å². The lowest BCUT2D eigenvalue weighted by Gasteiger charge is -2.31. The molecule has 0 heterocycles. The Hall–Kier alpha value is -0.570. The molecule has 14 heavy (non-hydrogen) atoms. The number of hydrogen-bond donors (Lipinski definition) is 2. The molecular formula is C11H24N2O. The Morgan fingerprint density at radius 3 is 2.00 bits per heavy atom. The smallest absolute Gasteiger partial charge is 0.223 e. The first-order valence-corrected chi connectivity index (χ1v) is 5.12. The van der Waals surface area contributed by atoms with Crippen molar-refractivity contribution in [3.05, 3.63) is 0 Å². The average Bonchev–Trinajstić information content (AvgIpc) is 2.00. The highest BCUT2D eigenvalue weighted by molar-refractivity contribution is 5.79. The van der Waals surface area contributed by atoms with E-state index in [0.29, 0.717) is 6.54 Å². The van der Waals surface area contributed by atoms with Gasteiger partial charge in [0.2, 0.25) is 5.91 Å². The molecule has 3 nitrogen and oxygen atoms in total. The van der Waals surface area contributed by atoms with Crippen LogP contribution in [0.15, 0.2) is 0 Å². The molecule has 0 aromatic rings. The Kier molecular flexibility index (Phi) is 4.13. The van der Waals surface area contributed by atoms with Crippen molar-refractivity contribution in [2.75, 3.05) is 6.54 Å². The first kappa shape index (κ1) is 13.4. The first-order valence-electron chi connectivity index (χ1n) is 5.12. The van der Waals surface area contributed by atoms with Crippen LogP contribution in [-0.4, -0.2) is 18.0 Å². The number of amides is 1. The summed E-state index contributed by atoms with van der Waals surface area (Å²) in [7, 11) is 0. The highest BCUT2D eigenvalue weighted by Gasteiger charge is 2.29. The molecule has 1 atom stereocenters. The van der Waals surface area contributed by atoms with Crippen LogP contribution < -0.4 is 11.1 Å². The molecule has 0 bridgehead atoms. The molecule has 1 amide bonds. The number of nitrogens with one attached hydrogen (secondary N) is 1. The molecule has 0 aliphatic carbocycles. The first-order chi connectivity index (χ1) is 6.10. The van der Waals surface area contributed by atoms with Crippen LogP contribution in [0, 0.1) is 11.3 Å². The number of carbonyl (C=O) groups excluding carboxylic acids is 1. The van der Waals surface area contributed by atoms with Gasteiger partial charge < -0.3 is 11.1 Å². The van der Waals surface area contributed by atoms with Gasteiger partial charge in [0.25, 0.3) is 0 Å². The van der Waals surface area contributed by atoms with E-state index in [1.165, 1.54) is 0 Å². The van der Waals surface area contributed by atoms with Crippen LogP contribution >= 0.6 is 0 Å². The average molecular weight is 200 g/mol. The summed E-state index contributed by atoms with van der Waals surface area (Å²) in [6, 6.07) is 0. The number of hydrogen-bond acceptors (Lipinski definition) is 2. The van der Waals surface area contributed by atoms with E-state index in [1.807, 2.05) is 20.8 Å². The van der Waals surface area contributed by atoms with Gasteiger partial charge in [-0.15, -0.1) is 0 Å². The van der Waals surface area contributed by atoms with Crippen LogP contribution in [0.3, 0.4) is 0 Å². The number of rotatable bonds is 3. The fourth-order valence-electron chi connectivity index (χ4n) is 0.886. The van der Waals surface area contributed by atoms with E-state index >= 15 is 0 Å². The molecule has 0 aromatic carbocycles. The summed E-state index contributed by atoms with van der Waals surface area (Å²) >= 11 is 0. The largest absolute Gasteiger partial charge is 0.350 e. The van der Waals surface area contributed by atoms with Gasteiger partial charge in [0.1, 0.15) is 0 Å². The standard InChI is InChI=1S/C11H24N2O/c1-8(10(2,3)4)9(14)13-11(5,6)7-12/h8H,7,12H2,1-6H3,(H,13,14). The highest BCUT2D eigenvalue weighted by atomic mass is 16.2. The van der Waals surface area contributed by atoms with Crippen LogP contribution in [0.5, 0.6) is 0 Å². The van der Waals surface area contributed by atoms with E-state index in [4.69, 9.17) is 5.73 Å². The zero-order valence-electron chi connectivity index (χ0n) is 10.3. The van der Waals surface area contributed by atoms with E-state index in [0.717, 1.165) is 0 Å². The van der Waals surface area contributed by atoms with E-state index in [-0.39, 0.29) is 22.8 Å². The fourth-order valence-corrected chi connectivity index (χ4v) is 0.886. The van der Waals surface area contributed by atoms with Crippen molar-refractivity contribution in [1.29, 1.82) is 0 Å². The quantitative estimate of drug-likeness (QED) is 0.725. The maximum Gasteiger partial charge on any atom is 0.223 e. The summed E-state index contributed by atoms with van der Waals surface area (Å²) < 4.78 is 0. The van der Waals surface area contributed by atoms with Gasteiger partial charge in [-0.2, -0.15) is 0 Å². The molecule has 3 N–H and O–H groups in total. The van der Waals surface area contributed by atoms with Crippen LogP contribution in [-0.2, 0) is 4.79 Å². The molecule has 0 saturated heterocycles. The van der Waals surface area contributed by atoms with Crippen LogP contribution in [0.2, 0.25) is 0 Å². The Morgan fingerprint density at radius 1 is 1.29 bits per heavy atom. The van der Waals surface area contributed by atoms with E-state index in [1.54, 1.807) is 0 Å². The van der Waals surface area contributed by atoms with Gasteiger partial charge in [-0.1, -0.05) is 27.7 Å². The van der Waals surface area contributed by atoms with E-state index in [9.17, 15) is 4.79 Å². The van der Waals surface area contributed by atoms with Crippen LogP contribution in [0.25, 0.3) is 0 Å². The second kappa shape index (κ2) is 4.30. The Balaban J connectivity index is 4.37. The Bertz CT molecular complexity index is 204. The number of nitrogens with two attached hydrogens (primary N) is 1. The van der Waals surface area contributed by atoms with Crippen molar-refractivity contribution in [2.45, 2.75) is 47.1 Å². The summed E-state index contributed by atoms with van der Waals surface area (Å²) in [5.41, 5.74) is 5.23. The van der Waals surface area contributed by atoms with Crippen molar-refractivity contribution in [3.8, 4) is 0 Å². The van der Waals surface area contributed by atoms with Gasteiger partial charge in [-0.3, -0.25) is 4.79 Å². The van der Waals surface area contributed by atoms with Gasteiger partial charge in [-0.25, -0.2) is 0 Å². The van der Waals surface area contributed by atoms with Gasteiger partial charge in [0.05, 0.1) is 0 Å². The van der Waals surface area contributed by atoms with E-state index < -0.39 is 0 Å². The maximum absolute atomic E-state index is 11.8. The minimum absolute atomic E-state index is 0.00520. The van der Waals surface area contributed by atoms with Gasteiger partial charge >= 0.3 is 0 Å². The normalized spacial score (nSPS) is 15.1. The molecule has 0 spiro atoms. The molecule has 84 valence electrons. The Morgan fingerprint density at radius 2 is 1.71 bits per heavy atom. The molecular weight excluding hydrogens is 176 g/mol. The van der Waals surface area contributed by atoms with Crippen molar-refractivity contribution in [3.63, 3.8) is 0 Å². The van der Waals surface area contributed by atoms with Gasteiger partial charge in [0.15, 0.2) is 0 Å². The molecule has 0 aliphatic rings. The summed E-state index contributed by atoms with van der Waals surface area (Å²) in [4.78, 5) is 11.8. The number of carbonyl (C=O) groups is 1. The second-order valence-electron chi connectivity index (χ2n) is 5.66. The molecule has 0 radical (unpaired) electrons. The zero-order valence-corrected chi connectivity index (χ0v) is 10.3. The summed E-state index contributed by atoms with van der Waals surface area (Å²) in [6.45, 7) is 12.4. The maximum atomic E-state index is 11.8. The van der Waals surface area contributed by atoms with Gasteiger partial charge in [0, 0.05) is 18.0 Å². The third-order valence-electron chi connectivity index (χ3n) is 2.66. The monoisotopic (exact) mass is 200 g/mol. The van der Waals surface area contributed by atoms with Crippen LogP contribution in [0.1, 0.15) is 41.5 Å². The molecule has 0 aromatic heterocycles. The molecule has 0 fully saturated rings.